The summed E-state index contributed by atoms with van der Waals surface area (Å²) >= 11 is 7.44. The first-order valence-corrected chi connectivity index (χ1v) is 11.3. The predicted molar refractivity (Wildman–Crippen MR) is 114 cm³/mol. The molecule has 2 saturated carbocycles. The van der Waals surface area contributed by atoms with Crippen molar-refractivity contribution < 1.29 is 14.3 Å². The highest BCUT2D eigenvalue weighted by Gasteiger charge is 2.66. The number of carbonyl (C=O) groups excluding carboxylic acids is 2. The molecule has 28 heavy (non-hydrogen) atoms. The fourth-order valence-electron chi connectivity index (χ4n) is 5.08. The first kappa shape index (κ1) is 18.4. The summed E-state index contributed by atoms with van der Waals surface area (Å²) in [5, 5.41) is 0. The van der Waals surface area contributed by atoms with E-state index >= 15 is 0 Å². The molecule has 0 aromatic heterocycles. The molecular formula is C22H19Br2NO3. The first-order valence-electron chi connectivity index (χ1n) is 9.46. The Balaban J connectivity index is 1.38. The fraction of sp³-hybridized carbons (Fsp3) is 0.364. The van der Waals surface area contributed by atoms with Gasteiger partial charge in [-0.2, -0.15) is 0 Å². The van der Waals surface area contributed by atoms with Crippen LogP contribution in [0.25, 0.3) is 0 Å². The van der Waals surface area contributed by atoms with Gasteiger partial charge in [-0.3, -0.25) is 14.5 Å². The van der Waals surface area contributed by atoms with Gasteiger partial charge in [0.05, 0.1) is 17.5 Å². The lowest BCUT2D eigenvalue weighted by Crippen LogP contribution is -2.37. The van der Waals surface area contributed by atoms with Gasteiger partial charge in [-0.05, 0) is 67.1 Å². The maximum atomic E-state index is 13.1. The fourth-order valence-corrected chi connectivity index (χ4v) is 6.95. The second-order valence-electron chi connectivity index (χ2n) is 7.93. The van der Waals surface area contributed by atoms with Crippen molar-refractivity contribution in [1.29, 1.82) is 0 Å². The zero-order chi connectivity index (χ0) is 19.6. The molecule has 5 rings (SSSR count). The van der Waals surface area contributed by atoms with Crippen LogP contribution in [0, 0.1) is 30.6 Å². The smallest absolute Gasteiger partial charge is 0.238 e. The molecule has 2 aliphatic carbocycles. The van der Waals surface area contributed by atoms with Crippen molar-refractivity contribution in [3.8, 4) is 11.5 Å². The maximum Gasteiger partial charge on any atom is 0.238 e. The van der Waals surface area contributed by atoms with Gasteiger partial charge in [0, 0.05) is 9.65 Å². The Morgan fingerprint density at radius 1 is 0.893 bits per heavy atom. The Morgan fingerprint density at radius 3 is 2.07 bits per heavy atom. The highest BCUT2D eigenvalue weighted by molar-refractivity contribution is 9.12. The molecule has 2 amide bonds. The number of aryl methyl sites for hydroxylation is 1. The number of ether oxygens (including phenoxy) is 1. The number of benzene rings is 2. The molecule has 2 aromatic carbocycles. The third-order valence-corrected chi connectivity index (χ3v) is 9.51. The SMILES string of the molecule is Cc1cccc(Oc2ccc(N3C(=O)[C@@H]4[C@H]5C[C@@H]([C@@H](Br)[C@H]5Br)[C@H]4C3=O)cc2)c1. The largest absolute Gasteiger partial charge is 0.457 e. The van der Waals surface area contributed by atoms with E-state index < -0.39 is 0 Å². The Bertz CT molecular complexity index is 929. The lowest BCUT2D eigenvalue weighted by molar-refractivity contribution is -0.123. The van der Waals surface area contributed by atoms with Crippen LogP contribution < -0.4 is 9.64 Å². The maximum absolute atomic E-state index is 13.1. The number of fused-ring (bicyclic) bond motifs is 5. The average Bonchev–Trinajstić information content (AvgIpc) is 3.28. The van der Waals surface area contributed by atoms with Crippen LogP contribution in [-0.2, 0) is 9.59 Å². The molecule has 2 bridgehead atoms. The molecule has 1 aliphatic heterocycles. The van der Waals surface area contributed by atoms with Gasteiger partial charge in [0.2, 0.25) is 11.8 Å². The third-order valence-electron chi connectivity index (χ3n) is 6.31. The summed E-state index contributed by atoms with van der Waals surface area (Å²) in [5.74, 6) is 1.39. The first-order chi connectivity index (χ1) is 13.5. The number of alkyl halides is 2. The Labute approximate surface area is 180 Å². The number of carbonyl (C=O) groups is 2. The molecule has 6 heteroatoms. The number of anilines is 1. The van der Waals surface area contributed by atoms with Crippen molar-refractivity contribution in [3.63, 3.8) is 0 Å². The number of halogens is 2. The summed E-state index contributed by atoms with van der Waals surface area (Å²) in [7, 11) is 0. The zero-order valence-electron chi connectivity index (χ0n) is 15.2. The van der Waals surface area contributed by atoms with E-state index in [1.807, 2.05) is 43.3 Å². The Hall–Kier alpha value is -1.66. The van der Waals surface area contributed by atoms with Crippen molar-refractivity contribution in [1.82, 2.24) is 0 Å². The standard InChI is InChI=1S/C22H19Br2NO3/c1-11-3-2-4-14(9-11)28-13-7-5-12(6-8-13)25-21(26)17-15-10-16(18(17)22(25)27)20(24)19(15)23/h2-9,15-20H,10H2,1H3/t15-,16-,17-,18-,19-,20+/m1/s1. The monoisotopic (exact) mass is 503 g/mol. The summed E-state index contributed by atoms with van der Waals surface area (Å²) in [6.07, 6.45) is 0.940. The number of nitrogens with zero attached hydrogens (tertiary/aromatic N) is 1. The molecule has 2 aromatic rings. The minimum atomic E-state index is -0.195. The van der Waals surface area contributed by atoms with Crippen molar-refractivity contribution >= 4 is 49.4 Å². The van der Waals surface area contributed by atoms with Gasteiger partial charge >= 0.3 is 0 Å². The van der Waals surface area contributed by atoms with E-state index in [1.54, 1.807) is 12.1 Å². The lowest BCUT2D eigenvalue weighted by atomic mass is 9.81. The zero-order valence-corrected chi connectivity index (χ0v) is 18.4. The van der Waals surface area contributed by atoms with Gasteiger partial charge in [0.25, 0.3) is 0 Å². The summed E-state index contributed by atoms with van der Waals surface area (Å²) in [4.78, 5) is 28.1. The minimum Gasteiger partial charge on any atom is -0.457 e. The molecule has 0 spiro atoms. The van der Waals surface area contributed by atoms with Gasteiger partial charge in [0.15, 0.2) is 0 Å². The van der Waals surface area contributed by atoms with Crippen LogP contribution >= 0.6 is 31.9 Å². The van der Waals surface area contributed by atoms with Crippen molar-refractivity contribution in [2.45, 2.75) is 23.0 Å². The molecular weight excluding hydrogens is 486 g/mol. The van der Waals surface area contributed by atoms with Gasteiger partial charge < -0.3 is 4.74 Å². The molecule has 0 N–H and O–H groups in total. The lowest BCUT2D eigenvalue weighted by Gasteiger charge is -2.28. The van der Waals surface area contributed by atoms with Crippen LogP contribution in [0.15, 0.2) is 48.5 Å². The quantitative estimate of drug-likeness (QED) is 0.433. The van der Waals surface area contributed by atoms with E-state index in [9.17, 15) is 9.59 Å². The van der Waals surface area contributed by atoms with E-state index in [2.05, 4.69) is 31.9 Å². The van der Waals surface area contributed by atoms with E-state index in [0.717, 1.165) is 17.7 Å². The van der Waals surface area contributed by atoms with Crippen molar-refractivity contribution in [2.24, 2.45) is 23.7 Å². The van der Waals surface area contributed by atoms with Gasteiger partial charge in [-0.25, -0.2) is 0 Å². The van der Waals surface area contributed by atoms with Gasteiger partial charge in [-0.15, -0.1) is 0 Å². The molecule has 1 heterocycles. The Morgan fingerprint density at radius 2 is 1.50 bits per heavy atom. The molecule has 0 radical (unpaired) electrons. The molecule has 6 atom stereocenters. The van der Waals surface area contributed by atoms with E-state index in [1.165, 1.54) is 4.90 Å². The Kier molecular flexibility index (Phi) is 4.40. The number of imide groups is 1. The van der Waals surface area contributed by atoms with Crippen molar-refractivity contribution in [2.75, 3.05) is 4.90 Å². The van der Waals surface area contributed by atoms with E-state index in [-0.39, 0.29) is 45.1 Å². The van der Waals surface area contributed by atoms with Crippen LogP contribution in [0.1, 0.15) is 12.0 Å². The number of hydrogen-bond donors (Lipinski definition) is 0. The van der Waals surface area contributed by atoms with Gasteiger partial charge in [0.1, 0.15) is 11.5 Å². The molecule has 144 valence electrons. The topological polar surface area (TPSA) is 46.6 Å². The second-order valence-corrected chi connectivity index (χ2v) is 10.0. The van der Waals surface area contributed by atoms with Gasteiger partial charge in [-0.1, -0.05) is 44.0 Å². The molecule has 4 nitrogen and oxygen atoms in total. The number of amides is 2. The van der Waals surface area contributed by atoms with Crippen LogP contribution in [0.4, 0.5) is 5.69 Å². The van der Waals surface area contributed by atoms with Crippen LogP contribution in [0.5, 0.6) is 11.5 Å². The van der Waals surface area contributed by atoms with E-state index in [0.29, 0.717) is 11.4 Å². The molecule has 3 fully saturated rings. The minimum absolute atomic E-state index is 0.0568. The average molecular weight is 505 g/mol. The third kappa shape index (κ3) is 2.68. The van der Waals surface area contributed by atoms with Crippen LogP contribution in [0.3, 0.4) is 0 Å². The summed E-state index contributed by atoms with van der Waals surface area (Å²) in [6, 6.07) is 15.0. The second kappa shape index (κ2) is 6.70. The summed E-state index contributed by atoms with van der Waals surface area (Å²) in [5.41, 5.74) is 1.75. The number of rotatable bonds is 3. The van der Waals surface area contributed by atoms with E-state index in [4.69, 9.17) is 4.74 Å². The number of hydrogen-bond acceptors (Lipinski definition) is 3. The highest BCUT2D eigenvalue weighted by atomic mass is 79.9. The highest BCUT2D eigenvalue weighted by Crippen LogP contribution is 2.60. The predicted octanol–water partition coefficient (Wildman–Crippen LogP) is 5.07. The summed E-state index contributed by atoms with van der Waals surface area (Å²) in [6.45, 7) is 2.01. The normalized spacial score (nSPS) is 33.5. The molecule has 1 saturated heterocycles. The van der Waals surface area contributed by atoms with Crippen LogP contribution in [-0.4, -0.2) is 21.5 Å². The molecule has 3 aliphatic rings. The summed E-state index contributed by atoms with van der Waals surface area (Å²) < 4.78 is 5.88. The molecule has 0 unspecified atom stereocenters. The van der Waals surface area contributed by atoms with Crippen molar-refractivity contribution in [3.05, 3.63) is 54.1 Å². The van der Waals surface area contributed by atoms with Crippen LogP contribution in [0.2, 0.25) is 0 Å².